The fraction of sp³-hybridized carbons (Fsp3) is 0.731. The van der Waals surface area contributed by atoms with E-state index >= 15 is 4.39 Å². The van der Waals surface area contributed by atoms with Crippen LogP contribution in [0.4, 0.5) is 4.39 Å². The van der Waals surface area contributed by atoms with Gasteiger partial charge >= 0.3 is 5.97 Å². The minimum atomic E-state index is -1.95. The van der Waals surface area contributed by atoms with E-state index in [0.717, 1.165) is 5.57 Å². The number of alkyl halides is 2. The van der Waals surface area contributed by atoms with E-state index in [1.807, 2.05) is 13.8 Å². The maximum Gasteiger partial charge on any atom is 0.303 e. The summed E-state index contributed by atoms with van der Waals surface area (Å²) in [6.07, 6.45) is 5.71. The van der Waals surface area contributed by atoms with Crippen molar-refractivity contribution in [1.82, 2.24) is 0 Å². The number of fused-ring (bicyclic) bond motifs is 5. The molecule has 3 fully saturated rings. The number of aliphatic hydroxyl groups excluding tert-OH is 1. The lowest BCUT2D eigenvalue weighted by Gasteiger charge is -2.63. The number of aliphatic carboxylic acids is 1. The minimum Gasteiger partial charge on any atom is -0.481 e. The number of hydrogen-bond acceptors (Lipinski definition) is 4. The molecule has 4 rings (SSSR count). The van der Waals surface area contributed by atoms with Crippen LogP contribution in [0.25, 0.3) is 0 Å². The number of hydrogen-bond donors (Lipinski definition) is 2. The van der Waals surface area contributed by atoms with Gasteiger partial charge in [0.15, 0.2) is 17.2 Å². The summed E-state index contributed by atoms with van der Waals surface area (Å²) >= 11 is 6.10. The standard InChI is InChI=1S/C26H34ClFO5/c1-15-11-19-18-7-6-16-12-17(29)8-10-23(16,2)26(18,28)20(30)13-24(19,3)25(15,21(31)14-27)9-4-5-22(32)33/h8,10,12,15,18-20,30H,4-7,9,11,13-14H2,1-3H3,(H,32,33)/t15-,18?,19?,20-,23-,24-,25?,26-/m0/s1. The van der Waals surface area contributed by atoms with E-state index in [4.69, 9.17) is 11.6 Å². The number of carbonyl (C=O) groups is 3. The largest absolute Gasteiger partial charge is 0.481 e. The molecular formula is C26H34ClFO5. The van der Waals surface area contributed by atoms with Crippen molar-refractivity contribution < 1.29 is 29.0 Å². The number of halogens is 2. The second-order valence-corrected chi connectivity index (χ2v) is 11.4. The van der Waals surface area contributed by atoms with Crippen LogP contribution in [0.5, 0.6) is 0 Å². The van der Waals surface area contributed by atoms with Crippen LogP contribution in [0.3, 0.4) is 0 Å². The summed E-state index contributed by atoms with van der Waals surface area (Å²) in [5.41, 5.74) is -3.88. The number of carbonyl (C=O) groups excluding carboxylic acids is 2. The second-order valence-electron chi connectivity index (χ2n) is 11.2. The van der Waals surface area contributed by atoms with Crippen molar-refractivity contribution in [2.75, 3.05) is 5.88 Å². The van der Waals surface area contributed by atoms with E-state index in [1.54, 1.807) is 13.0 Å². The van der Waals surface area contributed by atoms with Gasteiger partial charge in [-0.25, -0.2) is 4.39 Å². The lowest BCUT2D eigenvalue weighted by molar-refractivity contribution is -0.207. The number of ketones is 2. The summed E-state index contributed by atoms with van der Waals surface area (Å²) in [6, 6.07) is 0. The van der Waals surface area contributed by atoms with Crippen LogP contribution in [0.2, 0.25) is 0 Å². The highest BCUT2D eigenvalue weighted by molar-refractivity contribution is 6.28. The number of Topliss-reactive ketones (excluding diaryl/α,β-unsaturated/α-hetero) is 1. The van der Waals surface area contributed by atoms with Gasteiger partial charge in [-0.05, 0) is 74.9 Å². The Kier molecular flexibility index (Phi) is 5.97. The van der Waals surface area contributed by atoms with Crippen LogP contribution in [0, 0.1) is 34.0 Å². The van der Waals surface area contributed by atoms with Crippen LogP contribution in [-0.2, 0) is 14.4 Å². The zero-order valence-corrected chi connectivity index (χ0v) is 20.3. The monoisotopic (exact) mass is 480 g/mol. The van der Waals surface area contributed by atoms with Crippen LogP contribution >= 0.6 is 11.6 Å². The van der Waals surface area contributed by atoms with Crippen LogP contribution < -0.4 is 0 Å². The smallest absolute Gasteiger partial charge is 0.303 e. The van der Waals surface area contributed by atoms with Gasteiger partial charge in [0.2, 0.25) is 0 Å². The van der Waals surface area contributed by atoms with Crippen LogP contribution in [0.1, 0.15) is 65.7 Å². The number of allylic oxidation sites excluding steroid dienone is 4. The molecule has 0 aromatic rings. The van der Waals surface area contributed by atoms with Crippen LogP contribution in [-0.4, -0.2) is 45.4 Å². The summed E-state index contributed by atoms with van der Waals surface area (Å²) < 4.78 is 17.2. The van der Waals surface area contributed by atoms with Gasteiger partial charge < -0.3 is 10.2 Å². The molecule has 0 aromatic carbocycles. The van der Waals surface area contributed by atoms with Gasteiger partial charge in [-0.15, -0.1) is 11.6 Å². The van der Waals surface area contributed by atoms with Crippen molar-refractivity contribution in [3.05, 3.63) is 23.8 Å². The quantitative estimate of drug-likeness (QED) is 0.540. The molecule has 0 saturated heterocycles. The number of aliphatic hydroxyl groups is 1. The minimum absolute atomic E-state index is 0.0468. The van der Waals surface area contributed by atoms with Crippen molar-refractivity contribution in [3.8, 4) is 0 Å². The van der Waals surface area contributed by atoms with E-state index < -0.39 is 39.9 Å². The highest BCUT2D eigenvalue weighted by Crippen LogP contribution is 2.74. The molecule has 33 heavy (non-hydrogen) atoms. The Morgan fingerprint density at radius 1 is 1.27 bits per heavy atom. The molecule has 0 aliphatic heterocycles. The summed E-state index contributed by atoms with van der Waals surface area (Å²) in [6.45, 7) is 5.77. The summed E-state index contributed by atoms with van der Waals surface area (Å²) in [7, 11) is 0. The highest BCUT2D eigenvalue weighted by Gasteiger charge is 2.75. The molecule has 0 bridgehead atoms. The Labute approximate surface area is 199 Å². The van der Waals surface area contributed by atoms with E-state index in [1.165, 1.54) is 12.2 Å². The first-order chi connectivity index (χ1) is 15.4. The van der Waals surface area contributed by atoms with Gasteiger partial charge in [0.05, 0.1) is 12.0 Å². The molecule has 7 heteroatoms. The van der Waals surface area contributed by atoms with Gasteiger partial charge in [-0.1, -0.05) is 25.5 Å². The number of carboxylic acid groups (broad SMARTS) is 1. The third-order valence-electron chi connectivity index (χ3n) is 10.1. The van der Waals surface area contributed by atoms with Crippen molar-refractivity contribution in [3.63, 3.8) is 0 Å². The molecule has 0 heterocycles. The molecule has 0 aromatic heterocycles. The average Bonchev–Trinajstić information content (AvgIpc) is 2.96. The Hall–Kier alpha value is -1.53. The average molecular weight is 481 g/mol. The van der Waals surface area contributed by atoms with Crippen molar-refractivity contribution >= 4 is 29.1 Å². The topological polar surface area (TPSA) is 91.7 Å². The van der Waals surface area contributed by atoms with Crippen molar-refractivity contribution in [2.24, 2.45) is 34.0 Å². The zero-order valence-electron chi connectivity index (χ0n) is 19.6. The predicted octanol–water partition coefficient (Wildman–Crippen LogP) is 4.65. The van der Waals surface area contributed by atoms with Crippen LogP contribution in [0.15, 0.2) is 23.8 Å². The number of carboxylic acids is 1. The molecule has 3 saturated carbocycles. The maximum atomic E-state index is 17.2. The third-order valence-corrected chi connectivity index (χ3v) is 10.3. The summed E-state index contributed by atoms with van der Waals surface area (Å²) in [4.78, 5) is 36.6. The molecule has 0 spiro atoms. The summed E-state index contributed by atoms with van der Waals surface area (Å²) in [5, 5.41) is 20.7. The van der Waals surface area contributed by atoms with E-state index in [2.05, 4.69) is 0 Å². The third kappa shape index (κ3) is 3.09. The predicted molar refractivity (Wildman–Crippen MR) is 123 cm³/mol. The Morgan fingerprint density at radius 2 is 1.97 bits per heavy atom. The van der Waals surface area contributed by atoms with Gasteiger partial charge in [0.25, 0.3) is 0 Å². The van der Waals surface area contributed by atoms with Gasteiger partial charge in [0.1, 0.15) is 0 Å². The molecule has 0 amide bonds. The van der Waals surface area contributed by atoms with E-state index in [0.29, 0.717) is 32.1 Å². The molecule has 4 aliphatic carbocycles. The van der Waals surface area contributed by atoms with Gasteiger partial charge in [-0.3, -0.25) is 14.4 Å². The van der Waals surface area contributed by atoms with E-state index in [-0.39, 0.29) is 42.1 Å². The maximum absolute atomic E-state index is 17.2. The fourth-order valence-corrected chi connectivity index (χ4v) is 8.79. The van der Waals surface area contributed by atoms with Gasteiger partial charge in [0, 0.05) is 23.2 Å². The first kappa shape index (κ1) is 24.6. The molecule has 2 N–H and O–H groups in total. The number of rotatable bonds is 6. The Morgan fingerprint density at radius 3 is 2.61 bits per heavy atom. The molecule has 182 valence electrons. The second kappa shape index (κ2) is 8.01. The van der Waals surface area contributed by atoms with Gasteiger partial charge in [-0.2, -0.15) is 0 Å². The van der Waals surface area contributed by atoms with Crippen molar-refractivity contribution in [1.29, 1.82) is 0 Å². The highest BCUT2D eigenvalue weighted by atomic mass is 35.5. The first-order valence-electron chi connectivity index (χ1n) is 12.0. The Bertz CT molecular complexity index is 945. The molecule has 5 nitrogen and oxygen atoms in total. The first-order valence-corrected chi connectivity index (χ1v) is 12.5. The summed E-state index contributed by atoms with van der Waals surface area (Å²) in [5.74, 6) is -2.11. The SMILES string of the molecule is C[C@H]1CC2C3CCC4=CC(=O)C=C[C@]4(C)[C@@]3(F)[C@@H](O)C[C@]2(C)C1(CCCC(=O)O)C(=O)CCl. The zero-order chi connectivity index (χ0) is 24.4. The molecule has 8 atom stereocenters. The molecule has 0 radical (unpaired) electrons. The normalized spacial score (nSPS) is 46.2. The lowest BCUT2D eigenvalue weighted by Crippen LogP contribution is -2.68. The molecule has 4 aliphatic rings. The van der Waals surface area contributed by atoms with E-state index in [9.17, 15) is 24.6 Å². The Balaban J connectivity index is 1.79. The fourth-order valence-electron chi connectivity index (χ4n) is 8.55. The van der Waals surface area contributed by atoms with Crippen molar-refractivity contribution in [2.45, 2.75) is 77.5 Å². The molecular weight excluding hydrogens is 447 g/mol. The molecule has 3 unspecified atom stereocenters. The lowest BCUT2D eigenvalue weighted by atomic mass is 9.43.